The number of carbonyl (C=O) groups excluding carboxylic acids is 1. The van der Waals surface area contributed by atoms with E-state index in [1.807, 2.05) is 0 Å². The molecule has 1 fully saturated rings. The van der Waals surface area contributed by atoms with Gasteiger partial charge >= 0.3 is 5.97 Å². The zero-order valence-electron chi connectivity index (χ0n) is 9.31. The Balaban J connectivity index is 2.35. The van der Waals surface area contributed by atoms with E-state index in [9.17, 15) is 14.0 Å². The number of carboxylic acids is 1. The van der Waals surface area contributed by atoms with Crippen LogP contribution in [0, 0.1) is 18.7 Å². The minimum absolute atomic E-state index is 0.0376. The number of rotatable bonds is 2. The van der Waals surface area contributed by atoms with Gasteiger partial charge < -0.3 is 10.0 Å². The fourth-order valence-electron chi connectivity index (χ4n) is 2.05. The van der Waals surface area contributed by atoms with Crippen molar-refractivity contribution in [2.24, 2.45) is 5.92 Å². The largest absolute Gasteiger partial charge is 0.481 e. The summed E-state index contributed by atoms with van der Waals surface area (Å²) in [5.41, 5.74) is 0.825. The summed E-state index contributed by atoms with van der Waals surface area (Å²) >= 11 is 0. The van der Waals surface area contributed by atoms with Gasteiger partial charge in [-0.1, -0.05) is 12.1 Å². The second-order valence-corrected chi connectivity index (χ2v) is 4.15. The first-order chi connectivity index (χ1) is 8.00. The first-order valence-corrected chi connectivity index (χ1v) is 5.29. The summed E-state index contributed by atoms with van der Waals surface area (Å²) in [6.07, 6.45) is -0.0664. The van der Waals surface area contributed by atoms with E-state index < -0.39 is 17.7 Å². The fraction of sp³-hybridized carbons (Fsp3) is 0.333. The lowest BCUT2D eigenvalue weighted by Gasteiger charge is -2.19. The molecule has 1 heterocycles. The van der Waals surface area contributed by atoms with Gasteiger partial charge in [-0.3, -0.25) is 9.59 Å². The number of amides is 1. The fourth-order valence-corrected chi connectivity index (χ4v) is 2.05. The first kappa shape index (κ1) is 11.6. The zero-order valence-corrected chi connectivity index (χ0v) is 9.31. The highest BCUT2D eigenvalue weighted by Crippen LogP contribution is 2.30. The molecule has 1 N–H and O–H groups in total. The van der Waals surface area contributed by atoms with Crippen LogP contribution in [0.2, 0.25) is 0 Å². The monoisotopic (exact) mass is 237 g/mol. The Hall–Kier alpha value is -1.91. The molecular formula is C12H12FNO3. The highest BCUT2D eigenvalue weighted by molar-refractivity contribution is 5.99. The predicted molar refractivity (Wildman–Crippen MR) is 59.2 cm³/mol. The molecular weight excluding hydrogens is 225 g/mol. The Morgan fingerprint density at radius 3 is 2.76 bits per heavy atom. The van der Waals surface area contributed by atoms with Gasteiger partial charge in [-0.15, -0.1) is 0 Å². The molecule has 0 aromatic heterocycles. The highest BCUT2D eigenvalue weighted by Gasteiger charge is 2.36. The number of aryl methyl sites for hydroxylation is 1. The molecule has 1 aliphatic heterocycles. The molecule has 17 heavy (non-hydrogen) atoms. The number of hydrogen-bond donors (Lipinski definition) is 1. The summed E-state index contributed by atoms with van der Waals surface area (Å²) in [6.45, 7) is 1.73. The van der Waals surface area contributed by atoms with Crippen LogP contribution < -0.4 is 4.90 Å². The van der Waals surface area contributed by atoms with E-state index in [2.05, 4.69) is 0 Å². The maximum atomic E-state index is 13.7. The second-order valence-electron chi connectivity index (χ2n) is 4.15. The molecule has 1 atom stereocenters. The number of carbonyl (C=O) groups is 2. The quantitative estimate of drug-likeness (QED) is 0.849. The van der Waals surface area contributed by atoms with Crippen molar-refractivity contribution in [3.8, 4) is 0 Å². The minimum Gasteiger partial charge on any atom is -0.481 e. The molecule has 1 saturated heterocycles. The maximum Gasteiger partial charge on any atom is 0.308 e. The van der Waals surface area contributed by atoms with Crippen LogP contribution in [-0.2, 0) is 9.59 Å². The average molecular weight is 237 g/mol. The third kappa shape index (κ3) is 2.00. The predicted octanol–water partition coefficient (Wildman–Crippen LogP) is 1.57. The topological polar surface area (TPSA) is 57.6 Å². The number of aliphatic carboxylic acids is 1. The van der Waals surface area contributed by atoms with Crippen LogP contribution in [0.15, 0.2) is 18.2 Å². The lowest BCUT2D eigenvalue weighted by molar-refractivity contribution is -0.141. The van der Waals surface area contributed by atoms with Crippen LogP contribution in [0.4, 0.5) is 10.1 Å². The molecule has 2 rings (SSSR count). The number of para-hydroxylation sites is 1. The molecule has 0 aliphatic carbocycles. The molecule has 1 amide bonds. The van der Waals surface area contributed by atoms with Gasteiger partial charge in [-0.2, -0.15) is 0 Å². The standard InChI is InChI=1S/C12H12FNO3/c1-7-3-2-4-9(13)11(7)14-6-8(12(16)17)5-10(14)15/h2-4,8H,5-6H2,1H3,(H,16,17). The summed E-state index contributed by atoms with van der Waals surface area (Å²) in [5.74, 6) is -2.61. The summed E-state index contributed by atoms with van der Waals surface area (Å²) in [5, 5.41) is 8.86. The van der Waals surface area contributed by atoms with Crippen molar-refractivity contribution in [2.45, 2.75) is 13.3 Å². The van der Waals surface area contributed by atoms with E-state index in [0.29, 0.717) is 5.56 Å². The van der Waals surface area contributed by atoms with Crippen molar-refractivity contribution in [1.29, 1.82) is 0 Å². The van der Waals surface area contributed by atoms with Gasteiger partial charge in [0.15, 0.2) is 0 Å². The van der Waals surface area contributed by atoms with E-state index >= 15 is 0 Å². The third-order valence-corrected chi connectivity index (χ3v) is 2.93. The number of carboxylic acid groups (broad SMARTS) is 1. The number of benzene rings is 1. The molecule has 0 bridgehead atoms. The van der Waals surface area contributed by atoms with Crippen molar-refractivity contribution in [2.75, 3.05) is 11.4 Å². The molecule has 1 unspecified atom stereocenters. The summed E-state index contributed by atoms with van der Waals surface area (Å²) in [7, 11) is 0. The first-order valence-electron chi connectivity index (χ1n) is 5.29. The van der Waals surface area contributed by atoms with E-state index in [4.69, 9.17) is 5.11 Å². The van der Waals surface area contributed by atoms with Gasteiger partial charge in [0.25, 0.3) is 0 Å². The normalized spacial score (nSPS) is 19.8. The van der Waals surface area contributed by atoms with E-state index in [1.54, 1.807) is 19.1 Å². The molecule has 90 valence electrons. The Labute approximate surface area is 97.7 Å². The number of hydrogen-bond acceptors (Lipinski definition) is 2. The number of nitrogens with zero attached hydrogens (tertiary/aromatic N) is 1. The average Bonchev–Trinajstić information content (AvgIpc) is 2.61. The van der Waals surface area contributed by atoms with E-state index in [-0.39, 0.29) is 24.6 Å². The Morgan fingerprint density at radius 1 is 1.53 bits per heavy atom. The molecule has 0 spiro atoms. The van der Waals surface area contributed by atoms with E-state index in [1.165, 1.54) is 11.0 Å². The van der Waals surface area contributed by atoms with Crippen LogP contribution in [0.5, 0.6) is 0 Å². The van der Waals surface area contributed by atoms with Gasteiger partial charge in [0, 0.05) is 13.0 Å². The zero-order chi connectivity index (χ0) is 12.6. The molecule has 1 aliphatic rings. The Bertz CT molecular complexity index is 466. The van der Waals surface area contributed by atoms with Gasteiger partial charge in [0.1, 0.15) is 5.82 Å². The van der Waals surface area contributed by atoms with Crippen molar-refractivity contribution in [3.05, 3.63) is 29.6 Å². The SMILES string of the molecule is Cc1cccc(F)c1N1CC(C(=O)O)CC1=O. The lowest BCUT2D eigenvalue weighted by atomic mass is 10.1. The van der Waals surface area contributed by atoms with Crippen molar-refractivity contribution in [1.82, 2.24) is 0 Å². The highest BCUT2D eigenvalue weighted by atomic mass is 19.1. The molecule has 0 radical (unpaired) electrons. The van der Waals surface area contributed by atoms with Gasteiger partial charge in [0.05, 0.1) is 11.6 Å². The van der Waals surface area contributed by atoms with Crippen LogP contribution in [0.25, 0.3) is 0 Å². The summed E-state index contributed by atoms with van der Waals surface area (Å²) in [6, 6.07) is 4.52. The van der Waals surface area contributed by atoms with Gasteiger partial charge in [-0.05, 0) is 18.6 Å². The van der Waals surface area contributed by atoms with Gasteiger partial charge in [-0.25, -0.2) is 4.39 Å². The Morgan fingerprint density at radius 2 is 2.24 bits per heavy atom. The van der Waals surface area contributed by atoms with Gasteiger partial charge in [0.2, 0.25) is 5.91 Å². The lowest BCUT2D eigenvalue weighted by Crippen LogP contribution is -2.27. The number of halogens is 1. The van der Waals surface area contributed by atoms with Crippen molar-refractivity contribution >= 4 is 17.6 Å². The molecule has 1 aromatic carbocycles. The summed E-state index contributed by atoms with van der Waals surface area (Å²) in [4.78, 5) is 23.7. The smallest absolute Gasteiger partial charge is 0.308 e. The van der Waals surface area contributed by atoms with Crippen molar-refractivity contribution < 1.29 is 19.1 Å². The molecule has 4 nitrogen and oxygen atoms in total. The minimum atomic E-state index is -1.02. The Kier molecular flexibility index (Phi) is 2.83. The maximum absolute atomic E-state index is 13.7. The second kappa shape index (κ2) is 4.16. The van der Waals surface area contributed by atoms with Crippen LogP contribution in [0.1, 0.15) is 12.0 Å². The van der Waals surface area contributed by atoms with Crippen LogP contribution in [0.3, 0.4) is 0 Å². The third-order valence-electron chi connectivity index (χ3n) is 2.93. The van der Waals surface area contributed by atoms with E-state index in [0.717, 1.165) is 0 Å². The molecule has 5 heteroatoms. The van der Waals surface area contributed by atoms with Crippen LogP contribution >= 0.6 is 0 Å². The molecule has 0 saturated carbocycles. The summed E-state index contributed by atoms with van der Waals surface area (Å²) < 4.78 is 13.7. The molecule has 1 aromatic rings. The number of anilines is 1. The van der Waals surface area contributed by atoms with Crippen molar-refractivity contribution in [3.63, 3.8) is 0 Å². The van der Waals surface area contributed by atoms with Crippen LogP contribution in [-0.4, -0.2) is 23.5 Å².